The molecule has 3 aromatic heterocycles. The number of hydrogen-bond donors (Lipinski definition) is 0. The standard InChI is InChI=1S/C61H47N4O2.Pt/c1-38-39(2)56(41-18-9-7-10-19-41)59(57(40(38)3)42-20-11-8-12-21-42)64-37-63(50-25-14-15-26-51(50)64)44-22-17-23-45(35-44)66-46-28-29-49-53(36-46)65(55-34-43(32-33-62-55)61(4,5)6)52-31-30-48-47-24-13-16-27-54(47)67-60(48)58(49)52;/h7-34,37H,1-6H3;/q-3;/i7D,8D,9D,10D,11D,12D,18D,19D,20D,21D;. The SMILES string of the molecule is [2H]c1c([2H])c([2H])c(-c2c(C)c(C)c(C)c(-c3c([2H])c([2H])c([2H])c([2H])c3[2H])c2N2[CH-]N(c3[c-]c(Oc4[c-]c5c(cc4)c4c6oc7ccccc7c6ccc4n5-c4cc(C(C)(C)C)ccn4)ccc3)c3ccccc32)c([2H])c1[2H].[Pt]. The van der Waals surface area contributed by atoms with Crippen molar-refractivity contribution in [3.05, 3.63) is 211 Å². The molecule has 0 spiro atoms. The van der Waals surface area contributed by atoms with Crippen LogP contribution in [0.5, 0.6) is 11.5 Å². The smallest absolute Gasteiger partial charge is 0.135 e. The molecule has 0 unspecified atom stereocenters. The van der Waals surface area contributed by atoms with Gasteiger partial charge in [-0.25, -0.2) is 4.98 Å². The average Bonchev–Trinajstić information content (AvgIpc) is 3.83. The minimum Gasteiger partial charge on any atom is -0.509 e. The van der Waals surface area contributed by atoms with Gasteiger partial charge < -0.3 is 23.5 Å². The second-order valence-corrected chi connectivity index (χ2v) is 17.8. The Labute approximate surface area is 425 Å². The molecule has 0 atom stereocenters. The van der Waals surface area contributed by atoms with Gasteiger partial charge in [0.2, 0.25) is 0 Å². The second-order valence-electron chi connectivity index (χ2n) is 17.8. The van der Waals surface area contributed by atoms with Crippen molar-refractivity contribution in [1.29, 1.82) is 0 Å². The van der Waals surface area contributed by atoms with Gasteiger partial charge in [-0.3, -0.25) is 0 Å². The van der Waals surface area contributed by atoms with Crippen LogP contribution in [0.25, 0.3) is 71.8 Å². The van der Waals surface area contributed by atoms with Gasteiger partial charge in [0.1, 0.15) is 17.0 Å². The molecular formula is C61H47N4O2Pt-3. The predicted molar refractivity (Wildman–Crippen MR) is 275 cm³/mol. The summed E-state index contributed by atoms with van der Waals surface area (Å²) in [5.74, 6) is 1.48. The van der Waals surface area contributed by atoms with Crippen molar-refractivity contribution in [1.82, 2.24) is 9.55 Å². The Morgan fingerprint density at radius 3 is 2.00 bits per heavy atom. The van der Waals surface area contributed by atoms with E-state index < -0.39 is 60.4 Å². The van der Waals surface area contributed by atoms with Gasteiger partial charge in [-0.15, -0.1) is 42.7 Å². The molecule has 7 heteroatoms. The van der Waals surface area contributed by atoms with Crippen LogP contribution >= 0.6 is 0 Å². The fourth-order valence-corrected chi connectivity index (χ4v) is 9.47. The third-order valence-corrected chi connectivity index (χ3v) is 13.0. The molecular weight excluding hydrogens is 1020 g/mol. The third-order valence-electron chi connectivity index (χ3n) is 13.0. The third kappa shape index (κ3) is 7.00. The van der Waals surface area contributed by atoms with Crippen LogP contribution in [-0.2, 0) is 26.5 Å². The van der Waals surface area contributed by atoms with E-state index in [1.807, 2.05) is 90.8 Å². The Morgan fingerprint density at radius 2 is 1.29 bits per heavy atom. The molecule has 12 rings (SSSR count). The Morgan fingerprint density at radius 1 is 0.647 bits per heavy atom. The van der Waals surface area contributed by atoms with Gasteiger partial charge in [0.15, 0.2) is 0 Å². The van der Waals surface area contributed by atoms with Crippen molar-refractivity contribution >= 4 is 66.5 Å². The summed E-state index contributed by atoms with van der Waals surface area (Å²) in [7, 11) is 0. The van der Waals surface area contributed by atoms with Crippen LogP contribution in [0, 0.1) is 39.6 Å². The van der Waals surface area contributed by atoms with Crippen molar-refractivity contribution in [2.75, 3.05) is 9.80 Å². The van der Waals surface area contributed by atoms with Crippen LogP contribution in [0.3, 0.4) is 0 Å². The van der Waals surface area contributed by atoms with Crippen molar-refractivity contribution < 1.29 is 43.9 Å². The van der Waals surface area contributed by atoms with Gasteiger partial charge in [0.25, 0.3) is 0 Å². The van der Waals surface area contributed by atoms with Crippen LogP contribution in [0.1, 0.15) is 56.7 Å². The minimum absolute atomic E-state index is 0. The van der Waals surface area contributed by atoms with Crippen LogP contribution in [0.15, 0.2) is 174 Å². The van der Waals surface area contributed by atoms with E-state index in [-0.39, 0.29) is 54.4 Å². The molecule has 4 heterocycles. The van der Waals surface area contributed by atoms with Crippen LogP contribution in [-0.4, -0.2) is 9.55 Å². The maximum absolute atomic E-state index is 9.26. The summed E-state index contributed by atoms with van der Waals surface area (Å²) in [6.07, 6.45) is 1.83. The van der Waals surface area contributed by atoms with E-state index in [1.165, 1.54) is 0 Å². The number of hydrogen-bond acceptors (Lipinski definition) is 5. The van der Waals surface area contributed by atoms with Crippen molar-refractivity contribution in [3.63, 3.8) is 0 Å². The zero-order valence-electron chi connectivity index (χ0n) is 47.9. The first kappa shape index (κ1) is 33.1. The summed E-state index contributed by atoms with van der Waals surface area (Å²) in [4.78, 5) is 8.57. The summed E-state index contributed by atoms with van der Waals surface area (Å²) in [5, 5.41) is 3.83. The number of ether oxygens (including phenoxy) is 1. The van der Waals surface area contributed by atoms with E-state index in [9.17, 15) is 5.48 Å². The van der Waals surface area contributed by atoms with E-state index in [0.717, 1.165) is 49.3 Å². The first-order chi connectivity index (χ1) is 36.8. The average molecular weight is 1070 g/mol. The van der Waals surface area contributed by atoms with E-state index >= 15 is 0 Å². The second kappa shape index (κ2) is 16.7. The minimum atomic E-state index is -0.563. The normalized spacial score (nSPS) is 14.7. The zero-order chi connectivity index (χ0) is 54.3. The number of pyridine rings is 1. The molecule has 336 valence electrons. The molecule has 8 aromatic carbocycles. The first-order valence-corrected chi connectivity index (χ1v) is 22.0. The summed E-state index contributed by atoms with van der Waals surface area (Å²) < 4.78 is 104. The summed E-state index contributed by atoms with van der Waals surface area (Å²) >= 11 is 0. The molecule has 0 amide bonds. The summed E-state index contributed by atoms with van der Waals surface area (Å²) in [5.41, 5.74) is 8.26. The quantitative estimate of drug-likeness (QED) is 0.149. The summed E-state index contributed by atoms with van der Waals surface area (Å²) in [6, 6.07) is 35.1. The number of para-hydroxylation sites is 3. The van der Waals surface area contributed by atoms with Crippen LogP contribution in [0.2, 0.25) is 0 Å². The van der Waals surface area contributed by atoms with Crippen LogP contribution in [0.4, 0.5) is 22.7 Å². The monoisotopic (exact) mass is 1070 g/mol. The van der Waals surface area contributed by atoms with Gasteiger partial charge >= 0.3 is 0 Å². The molecule has 68 heavy (non-hydrogen) atoms. The fourth-order valence-electron chi connectivity index (χ4n) is 9.47. The Balaban J connectivity index is 0.00000645. The van der Waals surface area contributed by atoms with Gasteiger partial charge in [-0.05, 0) is 107 Å². The van der Waals surface area contributed by atoms with Crippen molar-refractivity contribution in [3.8, 4) is 39.6 Å². The fraction of sp³-hybridized carbons (Fsp3) is 0.115. The number of aromatic nitrogens is 2. The molecule has 6 nitrogen and oxygen atoms in total. The van der Waals surface area contributed by atoms with E-state index in [2.05, 4.69) is 61.7 Å². The molecule has 0 fully saturated rings. The van der Waals surface area contributed by atoms with Gasteiger partial charge in [0, 0.05) is 83.2 Å². The molecule has 11 aromatic rings. The number of rotatable bonds is 7. The molecule has 0 aliphatic carbocycles. The first-order valence-electron chi connectivity index (χ1n) is 27.0. The Hall–Kier alpha value is -7.40. The topological polar surface area (TPSA) is 46.7 Å². The number of benzene rings is 8. The largest absolute Gasteiger partial charge is 0.509 e. The van der Waals surface area contributed by atoms with Crippen LogP contribution < -0.4 is 14.5 Å². The molecule has 0 N–H and O–H groups in total. The number of nitrogens with zero attached hydrogens (tertiary/aromatic N) is 4. The maximum Gasteiger partial charge on any atom is 0.135 e. The molecule has 0 bridgehead atoms. The van der Waals surface area contributed by atoms with E-state index in [4.69, 9.17) is 22.4 Å². The van der Waals surface area contributed by atoms with Gasteiger partial charge in [-0.2, -0.15) is 12.1 Å². The summed E-state index contributed by atoms with van der Waals surface area (Å²) in [6.45, 7) is 13.7. The zero-order valence-corrected chi connectivity index (χ0v) is 40.2. The Bertz CT molecular complexity index is 4200. The number of furan rings is 1. The molecule has 0 saturated heterocycles. The van der Waals surface area contributed by atoms with Crippen molar-refractivity contribution in [2.45, 2.75) is 47.0 Å². The molecule has 0 saturated carbocycles. The maximum atomic E-state index is 9.26. The van der Waals surface area contributed by atoms with Gasteiger partial charge in [0.05, 0.1) is 13.7 Å². The van der Waals surface area contributed by atoms with E-state index in [1.54, 1.807) is 31.5 Å². The van der Waals surface area contributed by atoms with Crippen molar-refractivity contribution in [2.24, 2.45) is 0 Å². The number of fused-ring (bicyclic) bond motifs is 8. The molecule has 0 radical (unpaired) electrons. The molecule has 1 aliphatic heterocycles. The predicted octanol–water partition coefficient (Wildman–Crippen LogP) is 16.4. The van der Waals surface area contributed by atoms with E-state index in [0.29, 0.717) is 51.1 Å². The molecule has 1 aliphatic rings. The van der Waals surface area contributed by atoms with Gasteiger partial charge in [-0.1, -0.05) is 122 Å². The number of anilines is 4. The Kier molecular flexibility index (Phi) is 8.15.